The van der Waals surface area contributed by atoms with E-state index in [1.54, 1.807) is 6.33 Å². The molecule has 1 rings (SSSR count). The fraction of sp³-hybridized carbons (Fsp3) is 0.886. The van der Waals surface area contributed by atoms with Gasteiger partial charge < -0.3 is 25.3 Å². The molecule has 0 amide bonds. The minimum Gasteiger partial charge on any atom is -0.462 e. The number of carbonyl (C=O) groups is 2. The molecule has 0 aliphatic heterocycles. The summed E-state index contributed by atoms with van der Waals surface area (Å²) in [5.41, 5.74) is 6.30. The molecule has 306 valence electrons. The van der Waals surface area contributed by atoms with Crippen LogP contribution in [0, 0.1) is 0 Å². The molecule has 52 heavy (non-hydrogen) atoms. The molecule has 0 aliphatic carbocycles. The van der Waals surface area contributed by atoms with Crippen LogP contribution in [0.3, 0.4) is 0 Å². The van der Waals surface area contributed by atoms with Crippen LogP contribution < -0.4 is 5.73 Å². The molecule has 1 atom stereocenters. The maximum Gasteiger partial charge on any atom is 0.306 e. The number of aliphatic hydroxyl groups is 1. The number of imidazole rings is 1. The average Bonchev–Trinajstić information content (AvgIpc) is 3.67. The van der Waals surface area contributed by atoms with Crippen molar-refractivity contribution < 1.29 is 24.2 Å². The molecule has 1 heterocycles. The Morgan fingerprint density at radius 3 is 1.31 bits per heavy atom. The Morgan fingerprint density at radius 2 is 0.981 bits per heavy atom. The molecule has 1 aromatic rings. The Balaban J connectivity index is 0.00000283. The van der Waals surface area contributed by atoms with Crippen LogP contribution in [0.4, 0.5) is 0 Å². The zero-order valence-corrected chi connectivity index (χ0v) is 34.3. The summed E-state index contributed by atoms with van der Waals surface area (Å²) >= 11 is 0. The largest absolute Gasteiger partial charge is 0.462 e. The number of ether oxygens (including phenoxy) is 2. The number of aromatic nitrogens is 2. The minimum absolute atomic E-state index is 0.0569. The Labute approximate surface area is 321 Å². The predicted molar refractivity (Wildman–Crippen MR) is 218 cm³/mol. The summed E-state index contributed by atoms with van der Waals surface area (Å²) in [5, 5.41) is 9.54. The Kier molecular flexibility index (Phi) is 40.3. The summed E-state index contributed by atoms with van der Waals surface area (Å²) in [5.74, 6) is -0.575. The zero-order valence-electron chi connectivity index (χ0n) is 34.3. The maximum absolute atomic E-state index is 12.1. The number of aromatic amines is 1. The molecular weight excluding hydrogens is 650 g/mol. The number of nitrogens with zero attached hydrogens (tertiary/aromatic N) is 1. The second kappa shape index (κ2) is 41.8. The van der Waals surface area contributed by atoms with Crippen molar-refractivity contribution in [1.29, 1.82) is 0 Å². The summed E-state index contributed by atoms with van der Waals surface area (Å²) in [6.45, 7) is 4.83. The van der Waals surface area contributed by atoms with Crippen molar-refractivity contribution in [3.8, 4) is 0 Å². The molecule has 0 aliphatic rings. The van der Waals surface area contributed by atoms with Crippen LogP contribution in [0.2, 0.25) is 0 Å². The lowest BCUT2D eigenvalue weighted by molar-refractivity contribution is -0.161. The van der Waals surface area contributed by atoms with Gasteiger partial charge in [-0.3, -0.25) is 9.59 Å². The van der Waals surface area contributed by atoms with Gasteiger partial charge in [0.2, 0.25) is 0 Å². The summed E-state index contributed by atoms with van der Waals surface area (Å²) < 4.78 is 10.6. The first-order chi connectivity index (χ1) is 25.6. The highest BCUT2D eigenvalue weighted by Gasteiger charge is 2.16. The van der Waals surface area contributed by atoms with Crippen LogP contribution in [0.1, 0.15) is 225 Å². The van der Waals surface area contributed by atoms with E-state index in [1.165, 1.54) is 161 Å². The van der Waals surface area contributed by atoms with Gasteiger partial charge in [0.05, 0.1) is 18.6 Å². The van der Waals surface area contributed by atoms with Crippen molar-refractivity contribution in [2.45, 2.75) is 232 Å². The van der Waals surface area contributed by atoms with Gasteiger partial charge in [-0.05, 0) is 19.4 Å². The molecule has 0 aromatic carbocycles. The minimum atomic E-state index is -0.760. The molecule has 8 nitrogen and oxygen atoms in total. The van der Waals surface area contributed by atoms with Gasteiger partial charge in [0.15, 0.2) is 6.10 Å². The van der Waals surface area contributed by atoms with Crippen LogP contribution in [0.15, 0.2) is 12.5 Å². The number of nitrogens with two attached hydrogens (primary N) is 1. The van der Waals surface area contributed by atoms with Crippen LogP contribution in [-0.2, 0) is 25.5 Å². The van der Waals surface area contributed by atoms with E-state index in [0.29, 0.717) is 19.4 Å². The lowest BCUT2D eigenvalue weighted by atomic mass is 10.0. The van der Waals surface area contributed by atoms with E-state index < -0.39 is 6.10 Å². The molecule has 8 heteroatoms. The Hall–Kier alpha value is -1.93. The summed E-state index contributed by atoms with van der Waals surface area (Å²) in [6.07, 6.45) is 43.1. The standard InChI is InChI=1S/C39H76O5.C5H9N3/c1-3-5-7-9-11-13-15-17-19-21-23-25-27-29-31-33-38(41)43-36-37(35-40)44-39(42)34-32-30-28-26-24-22-20-18-16-14-12-10-8-6-4-2;6-2-1-5-3-7-4-8-5/h37,40H,3-36H2,1-2H3;3-4H,1-2,6H2,(H,7,8). The number of hydrogen-bond acceptors (Lipinski definition) is 7. The normalized spacial score (nSPS) is 11.6. The lowest BCUT2D eigenvalue weighted by Gasteiger charge is -2.15. The van der Waals surface area contributed by atoms with Gasteiger partial charge >= 0.3 is 11.9 Å². The Bertz CT molecular complexity index is 851. The molecular formula is C44H85N3O5. The fourth-order valence-corrected chi connectivity index (χ4v) is 6.48. The zero-order chi connectivity index (χ0) is 38.0. The third-order valence-corrected chi connectivity index (χ3v) is 9.86. The number of hydrogen-bond donors (Lipinski definition) is 3. The van der Waals surface area contributed by atoms with Crippen molar-refractivity contribution in [1.82, 2.24) is 9.97 Å². The highest BCUT2D eigenvalue weighted by molar-refractivity contribution is 5.70. The molecule has 0 fully saturated rings. The number of unbranched alkanes of at least 4 members (excludes halogenated alkanes) is 28. The van der Waals surface area contributed by atoms with E-state index in [1.807, 2.05) is 6.20 Å². The predicted octanol–water partition coefficient (Wildman–Crippen LogP) is 11.9. The van der Waals surface area contributed by atoms with Gasteiger partial charge in [-0.2, -0.15) is 0 Å². The van der Waals surface area contributed by atoms with E-state index in [4.69, 9.17) is 15.2 Å². The number of rotatable bonds is 38. The SMILES string of the molecule is CCCCCCCCCCCCCCCCCC(=O)OCC(CO)OC(=O)CCCCCCCCCCCCCCCCC.NCCc1c[nH]cn1. The quantitative estimate of drug-likeness (QED) is 0.0455. The second-order valence-electron chi connectivity index (χ2n) is 15.0. The van der Waals surface area contributed by atoms with Crippen molar-refractivity contribution in [2.75, 3.05) is 19.8 Å². The second-order valence-corrected chi connectivity index (χ2v) is 15.0. The first kappa shape index (κ1) is 50.1. The molecule has 0 radical (unpaired) electrons. The molecule has 0 saturated carbocycles. The van der Waals surface area contributed by atoms with Crippen LogP contribution in [0.25, 0.3) is 0 Å². The third kappa shape index (κ3) is 37.8. The number of H-pyrrole nitrogens is 1. The van der Waals surface area contributed by atoms with Gasteiger partial charge in [-0.1, -0.05) is 194 Å². The number of carbonyl (C=O) groups excluding carboxylic acids is 2. The maximum atomic E-state index is 12.1. The highest BCUT2D eigenvalue weighted by Crippen LogP contribution is 2.16. The lowest BCUT2D eigenvalue weighted by Crippen LogP contribution is -2.28. The van der Waals surface area contributed by atoms with Crippen LogP contribution >= 0.6 is 0 Å². The summed E-state index contributed by atoms with van der Waals surface area (Å²) in [7, 11) is 0. The summed E-state index contributed by atoms with van der Waals surface area (Å²) in [4.78, 5) is 31.0. The van der Waals surface area contributed by atoms with Gasteiger partial charge in [0.1, 0.15) is 6.61 Å². The van der Waals surface area contributed by atoms with Gasteiger partial charge in [0.25, 0.3) is 0 Å². The highest BCUT2D eigenvalue weighted by atomic mass is 16.6. The van der Waals surface area contributed by atoms with E-state index >= 15 is 0 Å². The van der Waals surface area contributed by atoms with Gasteiger partial charge in [0, 0.05) is 25.5 Å². The third-order valence-electron chi connectivity index (χ3n) is 9.86. The molecule has 0 spiro atoms. The Morgan fingerprint density at radius 1 is 0.615 bits per heavy atom. The molecule has 0 bridgehead atoms. The number of nitrogens with one attached hydrogen (secondary N) is 1. The molecule has 1 aromatic heterocycles. The fourth-order valence-electron chi connectivity index (χ4n) is 6.48. The first-order valence-corrected chi connectivity index (χ1v) is 22.2. The molecule has 0 saturated heterocycles. The van der Waals surface area contributed by atoms with Crippen molar-refractivity contribution in [3.63, 3.8) is 0 Å². The van der Waals surface area contributed by atoms with Gasteiger partial charge in [-0.25, -0.2) is 4.98 Å². The number of aliphatic hydroxyl groups excluding tert-OH is 1. The van der Waals surface area contributed by atoms with Crippen LogP contribution in [0.5, 0.6) is 0 Å². The van der Waals surface area contributed by atoms with E-state index in [0.717, 1.165) is 44.2 Å². The van der Waals surface area contributed by atoms with Crippen molar-refractivity contribution >= 4 is 11.9 Å². The van der Waals surface area contributed by atoms with E-state index in [2.05, 4.69) is 23.8 Å². The topological polar surface area (TPSA) is 128 Å². The van der Waals surface area contributed by atoms with Crippen molar-refractivity contribution in [2.24, 2.45) is 5.73 Å². The first-order valence-electron chi connectivity index (χ1n) is 22.2. The molecule has 4 N–H and O–H groups in total. The average molecular weight is 736 g/mol. The monoisotopic (exact) mass is 736 g/mol. The summed E-state index contributed by atoms with van der Waals surface area (Å²) in [6, 6.07) is 0. The van der Waals surface area contributed by atoms with Crippen LogP contribution in [-0.4, -0.2) is 52.9 Å². The smallest absolute Gasteiger partial charge is 0.306 e. The van der Waals surface area contributed by atoms with Crippen molar-refractivity contribution in [3.05, 3.63) is 18.2 Å². The molecule has 1 unspecified atom stereocenters. The van der Waals surface area contributed by atoms with E-state index in [-0.39, 0.29) is 25.2 Å². The van der Waals surface area contributed by atoms with Gasteiger partial charge in [-0.15, -0.1) is 0 Å². The van der Waals surface area contributed by atoms with E-state index in [9.17, 15) is 14.7 Å². The number of esters is 2.